The predicted octanol–water partition coefficient (Wildman–Crippen LogP) is 2.49. The van der Waals surface area contributed by atoms with Gasteiger partial charge >= 0.3 is 0 Å². The Bertz CT molecular complexity index is 787. The molecule has 1 aromatic carbocycles. The van der Waals surface area contributed by atoms with Gasteiger partial charge in [-0.25, -0.2) is 0 Å². The number of hydrogen-bond acceptors (Lipinski definition) is 4. The van der Waals surface area contributed by atoms with Crippen LogP contribution >= 0.6 is 11.8 Å². The lowest BCUT2D eigenvalue weighted by molar-refractivity contribution is -0.119. The second-order valence-electron chi connectivity index (χ2n) is 5.96. The SMILES string of the molecule is Cc1cc(C(=O)N2CSC[C@@H]2C(=O)Nc2cccc(C)c2C)n[nH]1. The van der Waals surface area contributed by atoms with E-state index in [1.54, 1.807) is 22.7 Å². The molecule has 0 radical (unpaired) electrons. The topological polar surface area (TPSA) is 78.1 Å². The van der Waals surface area contributed by atoms with E-state index in [-0.39, 0.29) is 11.8 Å². The van der Waals surface area contributed by atoms with Crippen molar-refractivity contribution >= 4 is 29.3 Å². The molecule has 126 valence electrons. The van der Waals surface area contributed by atoms with Crippen LogP contribution in [0.5, 0.6) is 0 Å². The molecule has 1 aromatic heterocycles. The lowest BCUT2D eigenvalue weighted by atomic mass is 10.1. The standard InChI is InChI=1S/C17H20N4O2S/c1-10-5-4-6-13(12(10)3)18-16(22)15-8-24-9-21(15)17(23)14-7-11(2)19-20-14/h4-7,15H,8-9H2,1-3H3,(H,18,22)(H,19,20)/t15-/m1/s1. The average molecular weight is 344 g/mol. The molecular formula is C17H20N4O2S. The molecule has 3 rings (SSSR count). The minimum Gasteiger partial charge on any atom is -0.324 e. The van der Waals surface area contributed by atoms with Gasteiger partial charge in [-0.2, -0.15) is 5.10 Å². The van der Waals surface area contributed by atoms with E-state index in [1.807, 2.05) is 39.0 Å². The van der Waals surface area contributed by atoms with Crippen LogP contribution in [0.4, 0.5) is 5.69 Å². The predicted molar refractivity (Wildman–Crippen MR) is 95.2 cm³/mol. The average Bonchev–Trinajstić information content (AvgIpc) is 3.20. The summed E-state index contributed by atoms with van der Waals surface area (Å²) in [6.45, 7) is 5.82. The van der Waals surface area contributed by atoms with Gasteiger partial charge in [-0.3, -0.25) is 14.7 Å². The van der Waals surface area contributed by atoms with Gasteiger partial charge in [0.2, 0.25) is 5.91 Å². The number of rotatable bonds is 3. The summed E-state index contributed by atoms with van der Waals surface area (Å²) in [4.78, 5) is 26.9. The molecule has 2 heterocycles. The van der Waals surface area contributed by atoms with Crippen molar-refractivity contribution in [3.63, 3.8) is 0 Å². The minimum atomic E-state index is -0.487. The van der Waals surface area contributed by atoms with E-state index < -0.39 is 6.04 Å². The van der Waals surface area contributed by atoms with Gasteiger partial charge in [-0.15, -0.1) is 11.8 Å². The Morgan fingerprint density at radius 3 is 2.83 bits per heavy atom. The maximum Gasteiger partial charge on any atom is 0.275 e. The highest BCUT2D eigenvalue weighted by Crippen LogP contribution is 2.25. The van der Waals surface area contributed by atoms with E-state index >= 15 is 0 Å². The van der Waals surface area contributed by atoms with Crippen molar-refractivity contribution in [1.29, 1.82) is 0 Å². The summed E-state index contributed by atoms with van der Waals surface area (Å²) in [5, 5.41) is 9.73. The molecule has 1 aliphatic rings. The number of aromatic nitrogens is 2. The number of hydrogen-bond donors (Lipinski definition) is 2. The third-order valence-electron chi connectivity index (χ3n) is 4.23. The van der Waals surface area contributed by atoms with Crippen molar-refractivity contribution in [1.82, 2.24) is 15.1 Å². The zero-order valence-electron chi connectivity index (χ0n) is 13.9. The van der Waals surface area contributed by atoms with Gasteiger partial charge in [0, 0.05) is 17.1 Å². The van der Waals surface area contributed by atoms with Crippen LogP contribution in [0.15, 0.2) is 24.3 Å². The Hall–Kier alpha value is -2.28. The van der Waals surface area contributed by atoms with Crippen LogP contribution in [-0.4, -0.2) is 44.6 Å². The fraction of sp³-hybridized carbons (Fsp3) is 0.353. The van der Waals surface area contributed by atoms with Gasteiger partial charge in [0.15, 0.2) is 0 Å². The number of nitrogens with one attached hydrogen (secondary N) is 2. The monoisotopic (exact) mass is 344 g/mol. The quantitative estimate of drug-likeness (QED) is 0.897. The molecule has 2 amide bonds. The molecule has 1 aliphatic heterocycles. The first kappa shape index (κ1) is 16.6. The highest BCUT2D eigenvalue weighted by atomic mass is 32.2. The van der Waals surface area contributed by atoms with Crippen LogP contribution < -0.4 is 5.32 Å². The molecule has 0 spiro atoms. The van der Waals surface area contributed by atoms with Crippen LogP contribution in [-0.2, 0) is 4.79 Å². The van der Waals surface area contributed by atoms with Crippen molar-refractivity contribution in [3.05, 3.63) is 46.8 Å². The third kappa shape index (κ3) is 3.17. The first-order valence-electron chi connectivity index (χ1n) is 7.75. The number of carbonyl (C=O) groups excluding carboxylic acids is 2. The summed E-state index contributed by atoms with van der Waals surface area (Å²) in [5.74, 6) is 0.710. The molecule has 7 heteroatoms. The molecule has 2 aromatic rings. The zero-order valence-corrected chi connectivity index (χ0v) is 14.7. The van der Waals surface area contributed by atoms with E-state index in [9.17, 15) is 9.59 Å². The lowest BCUT2D eigenvalue weighted by Gasteiger charge is -2.22. The van der Waals surface area contributed by atoms with Crippen LogP contribution in [0.1, 0.15) is 27.3 Å². The molecule has 1 atom stereocenters. The molecular weight excluding hydrogens is 324 g/mol. The highest BCUT2D eigenvalue weighted by Gasteiger charge is 2.36. The second kappa shape index (κ2) is 6.68. The van der Waals surface area contributed by atoms with Crippen LogP contribution in [0.3, 0.4) is 0 Å². The smallest absolute Gasteiger partial charge is 0.275 e. The zero-order chi connectivity index (χ0) is 17.3. The Labute approximate surface area is 145 Å². The van der Waals surface area contributed by atoms with E-state index in [4.69, 9.17) is 0 Å². The molecule has 1 saturated heterocycles. The normalized spacial score (nSPS) is 17.1. The number of carbonyl (C=O) groups is 2. The van der Waals surface area contributed by atoms with E-state index in [2.05, 4.69) is 15.5 Å². The van der Waals surface area contributed by atoms with Crippen LogP contribution in [0, 0.1) is 20.8 Å². The van der Waals surface area contributed by atoms with Crippen molar-refractivity contribution in [2.24, 2.45) is 0 Å². The van der Waals surface area contributed by atoms with Gasteiger partial charge in [-0.1, -0.05) is 12.1 Å². The minimum absolute atomic E-state index is 0.158. The summed E-state index contributed by atoms with van der Waals surface area (Å²) >= 11 is 1.57. The van der Waals surface area contributed by atoms with Gasteiger partial charge in [0.05, 0.1) is 5.88 Å². The Morgan fingerprint density at radius 1 is 1.33 bits per heavy atom. The molecule has 0 saturated carbocycles. The number of aromatic amines is 1. The highest BCUT2D eigenvalue weighted by molar-refractivity contribution is 7.99. The Kier molecular flexibility index (Phi) is 4.62. The number of thioether (sulfide) groups is 1. The molecule has 6 nitrogen and oxygen atoms in total. The number of nitrogens with zero attached hydrogens (tertiary/aromatic N) is 2. The van der Waals surface area contributed by atoms with E-state index in [0.717, 1.165) is 22.5 Å². The van der Waals surface area contributed by atoms with Crippen molar-refractivity contribution in [3.8, 4) is 0 Å². The van der Waals surface area contributed by atoms with Crippen LogP contribution in [0.25, 0.3) is 0 Å². The summed E-state index contributed by atoms with van der Waals surface area (Å²) in [7, 11) is 0. The number of anilines is 1. The molecule has 24 heavy (non-hydrogen) atoms. The van der Waals surface area contributed by atoms with Gasteiger partial charge < -0.3 is 10.2 Å². The Balaban J connectivity index is 1.76. The van der Waals surface area contributed by atoms with Crippen molar-refractivity contribution in [2.75, 3.05) is 16.9 Å². The Morgan fingerprint density at radius 2 is 2.12 bits per heavy atom. The third-order valence-corrected chi connectivity index (χ3v) is 5.25. The van der Waals surface area contributed by atoms with E-state index in [0.29, 0.717) is 17.3 Å². The molecule has 0 bridgehead atoms. The number of amides is 2. The van der Waals surface area contributed by atoms with Gasteiger partial charge in [-0.05, 0) is 44.0 Å². The summed E-state index contributed by atoms with van der Waals surface area (Å²) in [6, 6.07) is 7.01. The lowest BCUT2D eigenvalue weighted by Crippen LogP contribution is -2.44. The van der Waals surface area contributed by atoms with Crippen molar-refractivity contribution < 1.29 is 9.59 Å². The molecule has 2 N–H and O–H groups in total. The number of benzene rings is 1. The molecule has 1 fully saturated rings. The fourth-order valence-electron chi connectivity index (χ4n) is 2.64. The van der Waals surface area contributed by atoms with Crippen molar-refractivity contribution in [2.45, 2.75) is 26.8 Å². The largest absolute Gasteiger partial charge is 0.324 e. The van der Waals surface area contributed by atoms with Gasteiger partial charge in [0.1, 0.15) is 11.7 Å². The maximum absolute atomic E-state index is 12.7. The van der Waals surface area contributed by atoms with E-state index in [1.165, 1.54) is 0 Å². The molecule has 0 aliphatic carbocycles. The van der Waals surface area contributed by atoms with Gasteiger partial charge in [0.25, 0.3) is 5.91 Å². The second-order valence-corrected chi connectivity index (χ2v) is 6.96. The number of aryl methyl sites for hydroxylation is 2. The summed E-state index contributed by atoms with van der Waals surface area (Å²) in [6.07, 6.45) is 0. The fourth-order valence-corrected chi connectivity index (χ4v) is 3.79. The first-order chi connectivity index (χ1) is 11.5. The molecule has 0 unspecified atom stereocenters. The maximum atomic E-state index is 12.7. The van der Waals surface area contributed by atoms with Crippen LogP contribution in [0.2, 0.25) is 0 Å². The first-order valence-corrected chi connectivity index (χ1v) is 8.90. The summed E-state index contributed by atoms with van der Waals surface area (Å²) in [5.41, 5.74) is 4.12. The summed E-state index contributed by atoms with van der Waals surface area (Å²) < 4.78 is 0. The number of H-pyrrole nitrogens is 1.